The normalized spacial score (nSPS) is 12.7. The van der Waals surface area contributed by atoms with Crippen LogP contribution in [0.2, 0.25) is 0 Å². The van der Waals surface area contributed by atoms with Gasteiger partial charge in [-0.05, 0) is 43.7 Å². The zero-order valence-corrected chi connectivity index (χ0v) is 14.0. The maximum atomic E-state index is 11.7. The van der Waals surface area contributed by atoms with Gasteiger partial charge in [-0.25, -0.2) is 4.79 Å². The lowest BCUT2D eigenvalue weighted by atomic mass is 9.89. The number of hydrogen-bond donors (Lipinski definition) is 3. The molecule has 25 heavy (non-hydrogen) atoms. The molecule has 3 rings (SSSR count). The second kappa shape index (κ2) is 6.28. The van der Waals surface area contributed by atoms with Crippen LogP contribution in [-0.2, 0) is 4.79 Å². The van der Waals surface area contributed by atoms with Crippen molar-refractivity contribution in [2.24, 2.45) is 0 Å². The van der Waals surface area contributed by atoms with Gasteiger partial charge in [0.05, 0.1) is 10.9 Å². The number of carbonyl (C=O) groups is 1. The molecule has 0 atom stereocenters. The molecular formula is C20H18N2O3. The number of carboxylic acid groups (broad SMARTS) is 1. The molecule has 0 saturated carbocycles. The van der Waals surface area contributed by atoms with Crippen molar-refractivity contribution in [2.45, 2.75) is 13.8 Å². The van der Waals surface area contributed by atoms with E-state index in [-0.39, 0.29) is 5.57 Å². The second-order valence-corrected chi connectivity index (χ2v) is 5.65. The fourth-order valence-electron chi connectivity index (χ4n) is 3.03. The quantitative estimate of drug-likeness (QED) is 0.291. The summed E-state index contributed by atoms with van der Waals surface area (Å²) in [5.74, 6) is -0.481. The van der Waals surface area contributed by atoms with Gasteiger partial charge in [0.2, 0.25) is 0 Å². The van der Waals surface area contributed by atoms with Crippen LogP contribution in [0.4, 0.5) is 5.69 Å². The molecule has 0 spiro atoms. The maximum absolute atomic E-state index is 11.7. The summed E-state index contributed by atoms with van der Waals surface area (Å²) in [5.41, 5.74) is 9.30. The predicted molar refractivity (Wildman–Crippen MR) is 98.1 cm³/mol. The Morgan fingerprint density at radius 1 is 1.16 bits per heavy atom. The van der Waals surface area contributed by atoms with Crippen molar-refractivity contribution >= 4 is 28.2 Å². The number of carboxylic acids is 1. The summed E-state index contributed by atoms with van der Waals surface area (Å²) in [5, 5.41) is 18.5. The van der Waals surface area contributed by atoms with Crippen LogP contribution in [0.3, 0.4) is 0 Å². The van der Waals surface area contributed by atoms with E-state index in [9.17, 15) is 9.90 Å². The van der Waals surface area contributed by atoms with Crippen molar-refractivity contribution in [1.82, 2.24) is 0 Å². The molecule has 1 heterocycles. The molecule has 126 valence electrons. The molecular weight excluding hydrogens is 316 g/mol. The first-order valence-electron chi connectivity index (χ1n) is 7.83. The molecule has 0 bridgehead atoms. The van der Waals surface area contributed by atoms with Crippen LogP contribution in [0.25, 0.3) is 27.9 Å². The third-order valence-electron chi connectivity index (χ3n) is 4.11. The van der Waals surface area contributed by atoms with E-state index in [0.717, 1.165) is 16.5 Å². The van der Waals surface area contributed by atoms with Gasteiger partial charge in [-0.3, -0.25) is 0 Å². The fourth-order valence-corrected chi connectivity index (χ4v) is 3.03. The summed E-state index contributed by atoms with van der Waals surface area (Å²) in [7, 11) is 0. The van der Waals surface area contributed by atoms with Crippen molar-refractivity contribution in [2.75, 3.05) is 5.73 Å². The van der Waals surface area contributed by atoms with Gasteiger partial charge < -0.3 is 20.7 Å². The van der Waals surface area contributed by atoms with Crippen LogP contribution in [0.1, 0.15) is 19.4 Å². The van der Waals surface area contributed by atoms with Crippen molar-refractivity contribution in [1.29, 1.82) is 5.41 Å². The van der Waals surface area contributed by atoms with Gasteiger partial charge >= 0.3 is 5.97 Å². The van der Waals surface area contributed by atoms with E-state index < -0.39 is 5.97 Å². The molecule has 1 aromatic rings. The van der Waals surface area contributed by atoms with Gasteiger partial charge in [-0.15, -0.1) is 0 Å². The minimum atomic E-state index is -0.995. The first-order valence-corrected chi connectivity index (χ1v) is 7.83. The summed E-state index contributed by atoms with van der Waals surface area (Å²) in [6.07, 6.45) is 3.36. The number of nitrogens with two attached hydrogens (primary N) is 1. The number of nitrogen functional groups attached to an aromatic ring is 1. The van der Waals surface area contributed by atoms with E-state index >= 15 is 0 Å². The Morgan fingerprint density at radius 2 is 1.92 bits per heavy atom. The topological polar surface area (TPSA) is 100 Å². The van der Waals surface area contributed by atoms with Crippen LogP contribution in [0.5, 0.6) is 0 Å². The smallest absolute Gasteiger partial charge is 0.335 e. The van der Waals surface area contributed by atoms with Gasteiger partial charge in [0.25, 0.3) is 0 Å². The number of fused-ring (bicyclic) bond motifs is 2. The molecule has 0 radical (unpaired) electrons. The highest BCUT2D eigenvalue weighted by Gasteiger charge is 2.22. The minimum absolute atomic E-state index is 0.211. The summed E-state index contributed by atoms with van der Waals surface area (Å²) in [4.78, 5) is 11.7. The SMILES string of the molecule is C/C=C(\C(=C/C)C(=O)O)c1c2ccc(=N)cc-2oc2cc(N)ccc12. The number of aliphatic carboxylic acids is 1. The van der Waals surface area contributed by atoms with E-state index in [1.54, 1.807) is 56.3 Å². The molecule has 5 heteroatoms. The Kier molecular flexibility index (Phi) is 4.15. The zero-order chi connectivity index (χ0) is 18.1. The van der Waals surface area contributed by atoms with E-state index in [1.807, 2.05) is 6.07 Å². The highest BCUT2D eigenvalue weighted by molar-refractivity contribution is 6.12. The Bertz CT molecular complexity index is 1070. The van der Waals surface area contributed by atoms with E-state index in [1.165, 1.54) is 0 Å². The van der Waals surface area contributed by atoms with Crippen molar-refractivity contribution in [3.05, 3.63) is 65.0 Å². The Hall–Kier alpha value is -3.34. The van der Waals surface area contributed by atoms with Crippen LogP contribution in [-0.4, -0.2) is 11.1 Å². The summed E-state index contributed by atoms with van der Waals surface area (Å²) in [6, 6.07) is 10.4. The molecule has 1 aromatic carbocycles. The summed E-state index contributed by atoms with van der Waals surface area (Å²) < 4.78 is 5.92. The second-order valence-electron chi connectivity index (χ2n) is 5.65. The third-order valence-corrected chi connectivity index (χ3v) is 4.11. The monoisotopic (exact) mass is 334 g/mol. The lowest BCUT2D eigenvalue weighted by molar-refractivity contribution is -0.132. The highest BCUT2D eigenvalue weighted by atomic mass is 16.4. The average molecular weight is 334 g/mol. The predicted octanol–water partition coefficient (Wildman–Crippen LogP) is 4.03. The third kappa shape index (κ3) is 2.80. The molecule has 4 N–H and O–H groups in total. The van der Waals surface area contributed by atoms with Gasteiger partial charge in [0.15, 0.2) is 0 Å². The summed E-state index contributed by atoms with van der Waals surface area (Å²) >= 11 is 0. The van der Waals surface area contributed by atoms with Gasteiger partial charge in [0, 0.05) is 34.3 Å². The lowest BCUT2D eigenvalue weighted by Gasteiger charge is -2.18. The molecule has 0 unspecified atom stereocenters. The van der Waals surface area contributed by atoms with Crippen molar-refractivity contribution in [3.8, 4) is 11.3 Å². The highest BCUT2D eigenvalue weighted by Crippen LogP contribution is 2.40. The molecule has 0 aromatic heterocycles. The number of anilines is 1. The van der Waals surface area contributed by atoms with Crippen LogP contribution < -0.4 is 11.1 Å². The number of nitrogens with one attached hydrogen (secondary N) is 1. The van der Waals surface area contributed by atoms with Gasteiger partial charge in [-0.1, -0.05) is 12.2 Å². The largest absolute Gasteiger partial charge is 0.478 e. The Labute approximate surface area is 144 Å². The van der Waals surface area contributed by atoms with Crippen molar-refractivity contribution in [3.63, 3.8) is 0 Å². The lowest BCUT2D eigenvalue weighted by Crippen LogP contribution is -2.07. The Morgan fingerprint density at radius 3 is 2.56 bits per heavy atom. The number of hydrogen-bond acceptors (Lipinski definition) is 4. The maximum Gasteiger partial charge on any atom is 0.335 e. The number of benzene rings is 2. The summed E-state index contributed by atoms with van der Waals surface area (Å²) in [6.45, 7) is 3.50. The first kappa shape index (κ1) is 16.5. The number of rotatable bonds is 3. The van der Waals surface area contributed by atoms with Crippen LogP contribution in [0.15, 0.2) is 58.5 Å². The molecule has 0 amide bonds. The van der Waals surface area contributed by atoms with Gasteiger partial charge in [0.1, 0.15) is 11.3 Å². The molecule has 1 aliphatic heterocycles. The zero-order valence-electron chi connectivity index (χ0n) is 14.0. The molecule has 0 fully saturated rings. The number of allylic oxidation sites excluding steroid dienone is 2. The average Bonchev–Trinajstić information content (AvgIpc) is 2.57. The van der Waals surface area contributed by atoms with E-state index in [2.05, 4.69) is 0 Å². The fraction of sp³-hybridized carbons (Fsp3) is 0.100. The van der Waals surface area contributed by atoms with Crippen molar-refractivity contribution < 1.29 is 14.3 Å². The van der Waals surface area contributed by atoms with E-state index in [4.69, 9.17) is 15.6 Å². The molecule has 1 aliphatic carbocycles. The molecule has 0 saturated heterocycles. The molecule has 2 aliphatic rings. The van der Waals surface area contributed by atoms with Gasteiger partial charge in [-0.2, -0.15) is 0 Å². The standard InChI is InChI=1S/C20H18N2O3/c1-3-13(14(4-2)20(23)24)19-15-7-5-11(21)9-17(15)25-18-10-12(22)6-8-16(18)19/h3-10,21H,22H2,1-2H3,(H,23,24)/b13-3+,14-4+,21-11?. The van der Waals surface area contributed by atoms with E-state index in [0.29, 0.717) is 28.0 Å². The minimum Gasteiger partial charge on any atom is -0.478 e. The van der Waals surface area contributed by atoms with Crippen LogP contribution in [0, 0.1) is 5.41 Å². The Balaban J connectivity index is 2.50. The first-order chi connectivity index (χ1) is 12.0. The molecule has 5 nitrogen and oxygen atoms in total. The van der Waals surface area contributed by atoms with Crippen LogP contribution >= 0.6 is 0 Å².